The first kappa shape index (κ1) is 18.4. The largest absolute Gasteiger partial charge is 0.483 e. The van der Waals surface area contributed by atoms with Crippen LogP contribution in [0.2, 0.25) is 0 Å². The van der Waals surface area contributed by atoms with Gasteiger partial charge in [-0.15, -0.1) is 0 Å². The number of carbonyl (C=O) groups excluding carboxylic acids is 1. The third-order valence-electron chi connectivity index (χ3n) is 4.99. The van der Waals surface area contributed by atoms with Crippen molar-refractivity contribution in [2.75, 3.05) is 20.3 Å². The molecule has 7 heteroatoms. The lowest BCUT2D eigenvalue weighted by atomic mass is 10.0. The summed E-state index contributed by atoms with van der Waals surface area (Å²) in [6, 6.07) is 11.4. The molecule has 3 aromatic rings. The van der Waals surface area contributed by atoms with Crippen molar-refractivity contribution in [2.24, 2.45) is 0 Å². The van der Waals surface area contributed by atoms with Crippen molar-refractivity contribution in [3.8, 4) is 5.75 Å². The molecule has 1 saturated heterocycles. The number of nitrogens with zero attached hydrogens (tertiary/aromatic N) is 3. The van der Waals surface area contributed by atoms with Crippen LogP contribution in [0.1, 0.15) is 35.5 Å². The second-order valence-electron chi connectivity index (χ2n) is 6.90. The summed E-state index contributed by atoms with van der Waals surface area (Å²) in [7, 11) is 1.66. The summed E-state index contributed by atoms with van der Waals surface area (Å²) < 4.78 is 16.5. The molecule has 1 aliphatic rings. The van der Waals surface area contributed by atoms with Gasteiger partial charge < -0.3 is 18.9 Å². The lowest BCUT2D eigenvalue weighted by Gasteiger charge is -2.34. The van der Waals surface area contributed by atoms with Crippen LogP contribution < -0.4 is 4.74 Å². The molecular formula is C21H23N3O4. The van der Waals surface area contributed by atoms with Gasteiger partial charge in [0.15, 0.2) is 11.5 Å². The van der Waals surface area contributed by atoms with Crippen molar-refractivity contribution in [3.05, 3.63) is 54.0 Å². The molecule has 2 aromatic heterocycles. The fourth-order valence-corrected chi connectivity index (χ4v) is 3.60. The van der Waals surface area contributed by atoms with Crippen molar-refractivity contribution < 1.29 is 18.8 Å². The molecule has 0 N–H and O–H groups in total. The molecule has 4 rings (SSSR count). The zero-order valence-corrected chi connectivity index (χ0v) is 15.8. The SMILES string of the molecule is COC[C@@H]1CCCCN1C(=O)c1cc(COc2cccc3cccnc23)on1. The molecule has 0 spiro atoms. The van der Waals surface area contributed by atoms with Gasteiger partial charge in [0.25, 0.3) is 5.91 Å². The average molecular weight is 381 g/mol. The number of amides is 1. The Kier molecular flexibility index (Phi) is 5.53. The van der Waals surface area contributed by atoms with E-state index in [0.29, 0.717) is 30.4 Å². The Morgan fingerprint density at radius 3 is 3.07 bits per heavy atom. The second-order valence-corrected chi connectivity index (χ2v) is 6.90. The van der Waals surface area contributed by atoms with E-state index in [1.807, 2.05) is 35.2 Å². The molecule has 1 atom stereocenters. The summed E-state index contributed by atoms with van der Waals surface area (Å²) in [6.45, 7) is 1.43. The molecule has 7 nitrogen and oxygen atoms in total. The molecule has 28 heavy (non-hydrogen) atoms. The maximum atomic E-state index is 12.8. The highest BCUT2D eigenvalue weighted by Crippen LogP contribution is 2.24. The quantitative estimate of drug-likeness (QED) is 0.651. The zero-order chi connectivity index (χ0) is 19.3. The first-order chi connectivity index (χ1) is 13.8. The van der Waals surface area contributed by atoms with E-state index < -0.39 is 0 Å². The molecule has 146 valence electrons. The summed E-state index contributed by atoms with van der Waals surface area (Å²) in [6.07, 6.45) is 4.78. The first-order valence-electron chi connectivity index (χ1n) is 9.48. The van der Waals surface area contributed by atoms with Crippen LogP contribution in [0.3, 0.4) is 0 Å². The molecule has 0 unspecified atom stereocenters. The summed E-state index contributed by atoms with van der Waals surface area (Å²) in [5.41, 5.74) is 1.09. The van der Waals surface area contributed by atoms with Gasteiger partial charge in [0, 0.05) is 31.3 Å². The first-order valence-corrected chi connectivity index (χ1v) is 9.48. The monoisotopic (exact) mass is 381 g/mol. The summed E-state index contributed by atoms with van der Waals surface area (Å²) in [4.78, 5) is 19.1. The number of piperidine rings is 1. The van der Waals surface area contributed by atoms with Crippen molar-refractivity contribution in [2.45, 2.75) is 31.9 Å². The molecule has 1 amide bonds. The Bertz CT molecular complexity index is 948. The Balaban J connectivity index is 1.44. The van der Waals surface area contributed by atoms with Gasteiger partial charge in [-0.05, 0) is 31.4 Å². The van der Waals surface area contributed by atoms with Crippen LogP contribution in [-0.2, 0) is 11.3 Å². The van der Waals surface area contributed by atoms with E-state index >= 15 is 0 Å². The van der Waals surface area contributed by atoms with E-state index in [0.717, 1.165) is 30.2 Å². The minimum absolute atomic E-state index is 0.0874. The van der Waals surface area contributed by atoms with E-state index in [4.69, 9.17) is 14.0 Å². The molecule has 3 heterocycles. The third kappa shape index (κ3) is 3.84. The Labute approximate surface area is 163 Å². The van der Waals surface area contributed by atoms with Gasteiger partial charge in [-0.25, -0.2) is 0 Å². The van der Waals surface area contributed by atoms with Crippen molar-refractivity contribution >= 4 is 16.8 Å². The number of likely N-dealkylation sites (tertiary alicyclic amines) is 1. The van der Waals surface area contributed by atoms with Crippen LogP contribution in [0, 0.1) is 0 Å². The van der Waals surface area contributed by atoms with Crippen molar-refractivity contribution in [1.29, 1.82) is 0 Å². The third-order valence-corrected chi connectivity index (χ3v) is 4.99. The Morgan fingerprint density at radius 1 is 1.29 bits per heavy atom. The lowest BCUT2D eigenvalue weighted by molar-refractivity contribution is 0.0419. The van der Waals surface area contributed by atoms with Gasteiger partial charge in [0.1, 0.15) is 17.9 Å². The molecule has 1 aromatic carbocycles. The number of pyridine rings is 1. The van der Waals surface area contributed by atoms with Crippen LogP contribution in [0.5, 0.6) is 5.75 Å². The highest BCUT2D eigenvalue weighted by Gasteiger charge is 2.29. The number of methoxy groups -OCH3 is 1. The minimum Gasteiger partial charge on any atom is -0.483 e. The highest BCUT2D eigenvalue weighted by atomic mass is 16.5. The maximum absolute atomic E-state index is 12.8. The maximum Gasteiger partial charge on any atom is 0.276 e. The number of carbonyl (C=O) groups is 1. The van der Waals surface area contributed by atoms with Gasteiger partial charge in [-0.2, -0.15) is 0 Å². The van der Waals surface area contributed by atoms with Crippen LogP contribution in [-0.4, -0.2) is 47.3 Å². The van der Waals surface area contributed by atoms with Crippen LogP contribution >= 0.6 is 0 Å². The molecule has 1 fully saturated rings. The standard InChI is InChI=1S/C21H23N3O4/c1-26-13-16-8-2-3-11-24(16)21(25)18-12-17(28-23-18)14-27-19-9-4-6-15-7-5-10-22-20(15)19/h4-7,9-10,12,16H,2-3,8,11,13-14H2,1H3/t16-/m0/s1. The van der Waals surface area contributed by atoms with E-state index in [1.54, 1.807) is 19.4 Å². The van der Waals surface area contributed by atoms with Gasteiger partial charge >= 0.3 is 0 Å². The number of hydrogen-bond donors (Lipinski definition) is 0. The second kappa shape index (κ2) is 8.39. The van der Waals surface area contributed by atoms with Gasteiger partial charge in [-0.1, -0.05) is 23.4 Å². The normalized spacial score (nSPS) is 17.0. The lowest BCUT2D eigenvalue weighted by Crippen LogP contribution is -2.46. The topological polar surface area (TPSA) is 77.7 Å². The van der Waals surface area contributed by atoms with Gasteiger partial charge in [-0.3, -0.25) is 9.78 Å². The summed E-state index contributed by atoms with van der Waals surface area (Å²) in [5.74, 6) is 1.04. The van der Waals surface area contributed by atoms with Gasteiger partial charge in [0.05, 0.1) is 12.6 Å². The minimum atomic E-state index is -0.122. The molecule has 0 radical (unpaired) electrons. The van der Waals surface area contributed by atoms with Crippen LogP contribution in [0.25, 0.3) is 10.9 Å². The van der Waals surface area contributed by atoms with E-state index in [-0.39, 0.29) is 18.6 Å². The van der Waals surface area contributed by atoms with Crippen LogP contribution in [0.15, 0.2) is 47.1 Å². The van der Waals surface area contributed by atoms with Gasteiger partial charge in [0.2, 0.25) is 0 Å². The number of aromatic nitrogens is 2. The van der Waals surface area contributed by atoms with E-state index in [9.17, 15) is 4.79 Å². The van der Waals surface area contributed by atoms with Crippen LogP contribution in [0.4, 0.5) is 0 Å². The fraction of sp³-hybridized carbons (Fsp3) is 0.381. The van der Waals surface area contributed by atoms with E-state index in [2.05, 4.69) is 10.1 Å². The number of rotatable bonds is 6. The molecule has 0 bridgehead atoms. The average Bonchev–Trinajstić information content (AvgIpc) is 3.21. The summed E-state index contributed by atoms with van der Waals surface area (Å²) in [5, 5.41) is 4.96. The highest BCUT2D eigenvalue weighted by molar-refractivity contribution is 5.92. The number of benzene rings is 1. The Hall–Kier alpha value is -2.93. The smallest absolute Gasteiger partial charge is 0.276 e. The molecule has 1 aliphatic heterocycles. The molecule has 0 aliphatic carbocycles. The molecule has 0 saturated carbocycles. The number of para-hydroxylation sites is 1. The molecular weight excluding hydrogens is 358 g/mol. The number of hydrogen-bond acceptors (Lipinski definition) is 6. The summed E-state index contributed by atoms with van der Waals surface area (Å²) >= 11 is 0. The number of ether oxygens (including phenoxy) is 2. The Morgan fingerprint density at radius 2 is 2.18 bits per heavy atom. The fourth-order valence-electron chi connectivity index (χ4n) is 3.60. The van der Waals surface area contributed by atoms with E-state index in [1.165, 1.54) is 0 Å². The van der Waals surface area contributed by atoms with Crippen molar-refractivity contribution in [1.82, 2.24) is 15.0 Å². The van der Waals surface area contributed by atoms with Crippen molar-refractivity contribution in [3.63, 3.8) is 0 Å². The predicted octanol–water partition coefficient (Wildman–Crippen LogP) is 3.44. The zero-order valence-electron chi connectivity index (χ0n) is 15.8. The predicted molar refractivity (Wildman–Crippen MR) is 103 cm³/mol. The number of fused-ring (bicyclic) bond motifs is 1.